The van der Waals surface area contributed by atoms with Crippen molar-refractivity contribution in [3.05, 3.63) is 49.6 Å². The Morgan fingerprint density at radius 2 is 1.95 bits per heavy atom. The maximum Gasteiger partial charge on any atom is 0.312 e. The van der Waals surface area contributed by atoms with E-state index >= 15 is 0 Å². The van der Waals surface area contributed by atoms with Gasteiger partial charge in [-0.2, -0.15) is 0 Å². The van der Waals surface area contributed by atoms with Crippen molar-refractivity contribution >= 4 is 28.8 Å². The zero-order chi connectivity index (χ0) is 31.5. The molecule has 3 aliphatic rings. The van der Waals surface area contributed by atoms with Crippen LogP contribution in [-0.4, -0.2) is 91.2 Å². The Kier molecular flexibility index (Phi) is 9.55. The molecule has 1 aromatic heterocycles. The molecular weight excluding hydrogens is 562 g/mol. The summed E-state index contributed by atoms with van der Waals surface area (Å²) in [6.07, 6.45) is 8.24. The number of rotatable bonds is 16. The summed E-state index contributed by atoms with van der Waals surface area (Å²) in [7, 11) is 0. The van der Waals surface area contributed by atoms with E-state index in [1.54, 1.807) is 26.6 Å². The largest absolute Gasteiger partial charge is 0.465 e. The summed E-state index contributed by atoms with van der Waals surface area (Å²) in [6.45, 7) is 12.6. The number of nitrogens with zero attached hydrogens (tertiary/aromatic N) is 5. The van der Waals surface area contributed by atoms with E-state index in [0.29, 0.717) is 37.7 Å². The number of allylic oxidation sites excluding steroid dienone is 1. The van der Waals surface area contributed by atoms with Gasteiger partial charge in [-0.3, -0.25) is 14.4 Å². The minimum Gasteiger partial charge on any atom is -0.465 e. The number of hydrogen-bond acceptors (Lipinski definition) is 8. The highest BCUT2D eigenvalue weighted by atomic mass is 16.6. The van der Waals surface area contributed by atoms with Crippen LogP contribution in [0.5, 0.6) is 0 Å². The molecule has 3 aliphatic heterocycles. The molecule has 44 heavy (non-hydrogen) atoms. The van der Waals surface area contributed by atoms with Gasteiger partial charge in [0.15, 0.2) is 0 Å². The molecule has 1 N–H and O–H groups in total. The third-order valence-corrected chi connectivity index (χ3v) is 9.79. The van der Waals surface area contributed by atoms with E-state index in [-0.39, 0.29) is 44.2 Å². The predicted octanol–water partition coefficient (Wildman–Crippen LogP) is 3.48. The standard InChI is InChI=1S/C33H45N5O6/c1-5-7-14-20-43-31(42)27-26-29(40)37(18-12-8-9-13-19-39)28(33(26)21-23(3)32(27,4)44-33)30(41)36(17-6-2)22-38-25-16-11-10-15-24(25)34-35-38/h5-6,10-11,15-16,23,26-28,39H,1-2,7-9,12-14,17-22H2,3-4H3/t23?,26-,27-,28?,32+,33?/m0/s1. The Labute approximate surface area is 258 Å². The first-order valence-electron chi connectivity index (χ1n) is 15.8. The highest BCUT2D eigenvalue weighted by molar-refractivity contribution is 5.98. The highest BCUT2D eigenvalue weighted by Gasteiger charge is 2.80. The molecule has 11 nitrogen and oxygen atoms in total. The molecule has 3 unspecified atom stereocenters. The molecule has 2 amide bonds. The van der Waals surface area contributed by atoms with Gasteiger partial charge in [-0.15, -0.1) is 18.3 Å². The van der Waals surface area contributed by atoms with Crippen molar-refractivity contribution in [3.63, 3.8) is 0 Å². The van der Waals surface area contributed by atoms with Crippen LogP contribution in [0, 0.1) is 17.8 Å². The number of amides is 2. The maximum atomic E-state index is 14.7. The molecule has 2 aromatic rings. The third kappa shape index (κ3) is 5.45. The number of aliphatic hydroxyl groups is 1. The van der Waals surface area contributed by atoms with Gasteiger partial charge in [0, 0.05) is 19.7 Å². The van der Waals surface area contributed by atoms with Crippen molar-refractivity contribution in [1.29, 1.82) is 0 Å². The number of para-hydroxylation sites is 1. The summed E-state index contributed by atoms with van der Waals surface area (Å²) in [5.41, 5.74) is -0.603. The average Bonchev–Trinajstić information content (AvgIpc) is 3.68. The van der Waals surface area contributed by atoms with E-state index < -0.39 is 35.0 Å². The zero-order valence-corrected chi connectivity index (χ0v) is 25.9. The number of hydrogen-bond donors (Lipinski definition) is 1. The van der Waals surface area contributed by atoms with Gasteiger partial charge in [0.25, 0.3) is 0 Å². The average molecular weight is 608 g/mol. The van der Waals surface area contributed by atoms with Gasteiger partial charge in [-0.05, 0) is 57.1 Å². The smallest absolute Gasteiger partial charge is 0.312 e. The van der Waals surface area contributed by atoms with Crippen molar-refractivity contribution in [3.8, 4) is 0 Å². The van der Waals surface area contributed by atoms with Gasteiger partial charge in [0.1, 0.15) is 29.7 Å². The molecule has 0 radical (unpaired) electrons. The molecule has 0 saturated carbocycles. The second-order valence-corrected chi connectivity index (χ2v) is 12.5. The number of fused-ring (bicyclic) bond motifs is 2. The first kappa shape index (κ1) is 31.8. The number of esters is 1. The van der Waals surface area contributed by atoms with Gasteiger partial charge in [0.05, 0.1) is 23.6 Å². The SMILES string of the molecule is C=CCCCOC(=O)[C@@H]1[C@H]2C(=O)N(CCCCCCO)C(C(=O)N(CC=C)Cn3nnc4ccccc43)C23CC(C)[C@@]1(C)O3. The number of ether oxygens (including phenoxy) is 2. The fraction of sp³-hybridized carbons (Fsp3) is 0.606. The molecule has 2 bridgehead atoms. The molecule has 3 saturated heterocycles. The van der Waals surface area contributed by atoms with Gasteiger partial charge in [0.2, 0.25) is 11.8 Å². The third-order valence-electron chi connectivity index (χ3n) is 9.79. The molecule has 11 heteroatoms. The van der Waals surface area contributed by atoms with Gasteiger partial charge in [-0.1, -0.05) is 49.3 Å². The van der Waals surface area contributed by atoms with Crippen LogP contribution in [-0.2, 0) is 30.5 Å². The number of unbranched alkanes of at least 4 members (excludes halogenated alkanes) is 4. The van der Waals surface area contributed by atoms with Gasteiger partial charge in [-0.25, -0.2) is 4.68 Å². The zero-order valence-electron chi connectivity index (χ0n) is 25.9. The second kappa shape index (κ2) is 13.2. The van der Waals surface area contributed by atoms with Crippen molar-refractivity contribution in [1.82, 2.24) is 24.8 Å². The molecule has 1 spiro atoms. The lowest BCUT2D eigenvalue weighted by molar-refractivity contribution is -0.162. The summed E-state index contributed by atoms with van der Waals surface area (Å²) in [4.78, 5) is 46.1. The number of carbonyl (C=O) groups excluding carboxylic acids is 3. The summed E-state index contributed by atoms with van der Waals surface area (Å²) in [5, 5.41) is 17.7. The van der Waals surface area contributed by atoms with Gasteiger partial charge < -0.3 is 24.4 Å². The van der Waals surface area contributed by atoms with Crippen LogP contribution in [0.1, 0.15) is 58.8 Å². The van der Waals surface area contributed by atoms with Crippen molar-refractivity contribution < 1.29 is 29.0 Å². The highest BCUT2D eigenvalue weighted by Crippen LogP contribution is 2.65. The monoisotopic (exact) mass is 607 g/mol. The molecule has 5 rings (SSSR count). The topological polar surface area (TPSA) is 127 Å². The number of aliphatic hydroxyl groups excluding tert-OH is 1. The summed E-state index contributed by atoms with van der Waals surface area (Å²) in [6, 6.07) is 6.61. The van der Waals surface area contributed by atoms with Crippen LogP contribution in [0.3, 0.4) is 0 Å². The van der Waals surface area contributed by atoms with Crippen LogP contribution in [0.25, 0.3) is 11.0 Å². The molecule has 4 heterocycles. The van der Waals surface area contributed by atoms with Crippen LogP contribution >= 0.6 is 0 Å². The fourth-order valence-electron chi connectivity index (χ4n) is 7.58. The Morgan fingerprint density at radius 1 is 1.18 bits per heavy atom. The van der Waals surface area contributed by atoms with Crippen LogP contribution in [0.4, 0.5) is 0 Å². The van der Waals surface area contributed by atoms with Crippen LogP contribution in [0.2, 0.25) is 0 Å². The first-order valence-corrected chi connectivity index (χ1v) is 15.8. The Balaban J connectivity index is 1.49. The molecular formula is C33H45N5O6. The van der Waals surface area contributed by atoms with E-state index in [0.717, 1.165) is 24.8 Å². The van der Waals surface area contributed by atoms with Crippen LogP contribution in [0.15, 0.2) is 49.6 Å². The van der Waals surface area contributed by atoms with E-state index in [2.05, 4.69) is 23.5 Å². The van der Waals surface area contributed by atoms with E-state index in [9.17, 15) is 19.5 Å². The lowest BCUT2D eigenvalue weighted by Gasteiger charge is -2.37. The van der Waals surface area contributed by atoms with E-state index in [4.69, 9.17) is 9.47 Å². The summed E-state index contributed by atoms with van der Waals surface area (Å²) < 4.78 is 14.2. The van der Waals surface area contributed by atoms with Crippen LogP contribution < -0.4 is 0 Å². The summed E-state index contributed by atoms with van der Waals surface area (Å²) in [5.74, 6) is -2.67. The molecule has 6 atom stereocenters. The minimum atomic E-state index is -1.16. The normalized spacial score (nSPS) is 28.8. The fourth-order valence-corrected chi connectivity index (χ4v) is 7.58. The predicted molar refractivity (Wildman–Crippen MR) is 164 cm³/mol. The summed E-state index contributed by atoms with van der Waals surface area (Å²) >= 11 is 0. The number of likely N-dealkylation sites (tertiary alicyclic amines) is 1. The quantitative estimate of drug-likeness (QED) is 0.175. The lowest BCUT2D eigenvalue weighted by atomic mass is 9.62. The van der Waals surface area contributed by atoms with Crippen molar-refractivity contribution in [2.24, 2.45) is 17.8 Å². The molecule has 1 aromatic carbocycles. The molecule has 238 valence electrons. The number of benzene rings is 1. The van der Waals surface area contributed by atoms with Crippen molar-refractivity contribution in [2.45, 2.75) is 82.7 Å². The second-order valence-electron chi connectivity index (χ2n) is 12.5. The first-order chi connectivity index (χ1) is 21.2. The van der Waals surface area contributed by atoms with Gasteiger partial charge >= 0.3 is 5.97 Å². The van der Waals surface area contributed by atoms with E-state index in [1.165, 1.54) is 0 Å². The Bertz CT molecular complexity index is 1390. The van der Waals surface area contributed by atoms with E-state index in [1.807, 2.05) is 38.1 Å². The molecule has 0 aliphatic carbocycles. The van der Waals surface area contributed by atoms with Crippen molar-refractivity contribution in [2.75, 3.05) is 26.3 Å². The minimum absolute atomic E-state index is 0.0795. The Morgan fingerprint density at radius 3 is 2.70 bits per heavy atom. The number of aromatic nitrogens is 3. The lowest BCUT2D eigenvalue weighted by Crippen LogP contribution is -2.56. The maximum absolute atomic E-state index is 14.7. The number of carbonyl (C=O) groups is 3. The molecule has 3 fully saturated rings. The Hall–Kier alpha value is -3.57.